The number of hydrogen-bond acceptors (Lipinski definition) is 5. The van der Waals surface area contributed by atoms with Gasteiger partial charge in [0.2, 0.25) is 5.91 Å². The summed E-state index contributed by atoms with van der Waals surface area (Å²) in [6.45, 7) is 2.14. The quantitative estimate of drug-likeness (QED) is 0.264. The first-order valence-electron chi connectivity index (χ1n) is 11.7. The molecule has 36 heavy (non-hydrogen) atoms. The molecule has 1 atom stereocenters. The second kappa shape index (κ2) is 13.9. The van der Waals surface area contributed by atoms with Gasteiger partial charge in [-0.1, -0.05) is 55.3 Å². The molecular weight excluding hydrogens is 480 g/mol. The first kappa shape index (κ1) is 26.8. The van der Waals surface area contributed by atoms with Gasteiger partial charge < -0.3 is 20.1 Å². The topological polar surface area (TPSA) is 93.7 Å². The number of anilines is 1. The third-order valence-electron chi connectivity index (χ3n) is 5.24. The van der Waals surface area contributed by atoms with Gasteiger partial charge in [-0.3, -0.25) is 9.59 Å². The van der Waals surface area contributed by atoms with Crippen LogP contribution in [0.5, 0.6) is 5.75 Å². The molecule has 8 heteroatoms. The molecule has 188 valence electrons. The molecule has 0 bridgehead atoms. The van der Waals surface area contributed by atoms with Crippen LogP contribution >= 0.6 is 11.6 Å². The summed E-state index contributed by atoms with van der Waals surface area (Å²) in [6, 6.07) is 21.6. The van der Waals surface area contributed by atoms with Crippen molar-refractivity contribution in [2.24, 2.45) is 0 Å². The Hall–Kier alpha value is -3.84. The Kier molecular flexibility index (Phi) is 10.3. The van der Waals surface area contributed by atoms with Crippen LogP contribution in [-0.2, 0) is 20.7 Å². The van der Waals surface area contributed by atoms with Gasteiger partial charge in [0.05, 0.1) is 12.2 Å². The van der Waals surface area contributed by atoms with Gasteiger partial charge in [-0.15, -0.1) is 0 Å². The molecule has 0 aliphatic heterocycles. The number of hydrogen-bond donors (Lipinski definition) is 2. The Balaban J connectivity index is 1.62. The van der Waals surface area contributed by atoms with E-state index in [1.165, 1.54) is 0 Å². The van der Waals surface area contributed by atoms with Gasteiger partial charge in [0.15, 0.2) is 6.61 Å². The summed E-state index contributed by atoms with van der Waals surface area (Å²) in [5.41, 5.74) is 1.79. The number of esters is 1. The van der Waals surface area contributed by atoms with E-state index in [4.69, 9.17) is 21.1 Å². The summed E-state index contributed by atoms with van der Waals surface area (Å²) in [4.78, 5) is 37.8. The molecule has 2 amide bonds. The molecular formula is C28H29ClN2O5. The van der Waals surface area contributed by atoms with E-state index >= 15 is 0 Å². The first-order valence-corrected chi connectivity index (χ1v) is 12.1. The van der Waals surface area contributed by atoms with E-state index in [0.29, 0.717) is 35.1 Å². The average Bonchev–Trinajstić information content (AvgIpc) is 2.89. The molecule has 0 heterocycles. The average molecular weight is 509 g/mol. The third kappa shape index (κ3) is 8.74. The van der Waals surface area contributed by atoms with Gasteiger partial charge in [-0.2, -0.15) is 0 Å². The minimum absolute atomic E-state index is 0.255. The Morgan fingerprint density at radius 3 is 2.28 bits per heavy atom. The zero-order chi connectivity index (χ0) is 25.8. The van der Waals surface area contributed by atoms with E-state index in [-0.39, 0.29) is 6.61 Å². The van der Waals surface area contributed by atoms with Crippen LogP contribution in [0.1, 0.15) is 35.7 Å². The summed E-state index contributed by atoms with van der Waals surface area (Å²) >= 11 is 5.87. The number of halogens is 1. The Morgan fingerprint density at radius 1 is 0.917 bits per heavy atom. The van der Waals surface area contributed by atoms with Gasteiger partial charge in [0, 0.05) is 17.1 Å². The maximum Gasteiger partial charge on any atom is 0.338 e. The van der Waals surface area contributed by atoms with Crippen molar-refractivity contribution in [3.05, 3.63) is 95.0 Å². The van der Waals surface area contributed by atoms with Crippen molar-refractivity contribution >= 4 is 35.1 Å². The largest absolute Gasteiger partial charge is 0.484 e. The summed E-state index contributed by atoms with van der Waals surface area (Å²) < 4.78 is 10.7. The fourth-order valence-electron chi connectivity index (χ4n) is 3.29. The number of amides is 2. The van der Waals surface area contributed by atoms with Gasteiger partial charge in [0.1, 0.15) is 11.8 Å². The smallest absolute Gasteiger partial charge is 0.338 e. The van der Waals surface area contributed by atoms with E-state index in [9.17, 15) is 14.4 Å². The third-order valence-corrected chi connectivity index (χ3v) is 5.49. The molecule has 0 fully saturated rings. The lowest BCUT2D eigenvalue weighted by Gasteiger charge is -2.19. The standard InChI is InChI=1S/C28H29ClN2O5/c1-2-3-17-35-28(34)21-9-13-23(14-10-21)30-27(33)25(18-20-7-5-4-6-8-20)31-26(32)19-36-24-15-11-22(29)12-16-24/h4-16,25H,2-3,17-19H2,1H3,(H,30,33)(H,31,32). The molecule has 0 spiro atoms. The van der Waals surface area contributed by atoms with Gasteiger partial charge in [-0.25, -0.2) is 4.79 Å². The highest BCUT2D eigenvalue weighted by Gasteiger charge is 2.22. The molecule has 1 unspecified atom stereocenters. The lowest BCUT2D eigenvalue weighted by molar-refractivity contribution is -0.127. The fraction of sp³-hybridized carbons (Fsp3) is 0.250. The lowest BCUT2D eigenvalue weighted by Crippen LogP contribution is -2.46. The molecule has 7 nitrogen and oxygen atoms in total. The predicted molar refractivity (Wildman–Crippen MR) is 139 cm³/mol. The number of carbonyl (C=O) groups is 3. The molecule has 0 aliphatic carbocycles. The molecule has 3 aromatic carbocycles. The molecule has 3 aromatic rings. The van der Waals surface area contributed by atoms with Crippen molar-refractivity contribution < 1.29 is 23.9 Å². The second-order valence-electron chi connectivity index (χ2n) is 8.11. The van der Waals surface area contributed by atoms with Gasteiger partial charge >= 0.3 is 5.97 Å². The number of nitrogens with one attached hydrogen (secondary N) is 2. The number of benzene rings is 3. The maximum absolute atomic E-state index is 13.1. The molecule has 0 saturated heterocycles. The first-order chi connectivity index (χ1) is 17.4. The predicted octanol–water partition coefficient (Wildman–Crippen LogP) is 5.04. The van der Waals surface area contributed by atoms with Crippen LogP contribution < -0.4 is 15.4 Å². The highest BCUT2D eigenvalue weighted by Crippen LogP contribution is 2.16. The lowest BCUT2D eigenvalue weighted by atomic mass is 10.0. The van der Waals surface area contributed by atoms with Crippen LogP contribution in [0.25, 0.3) is 0 Å². The Morgan fingerprint density at radius 2 is 1.61 bits per heavy atom. The van der Waals surface area contributed by atoms with E-state index in [0.717, 1.165) is 18.4 Å². The van der Waals surface area contributed by atoms with E-state index in [1.807, 2.05) is 37.3 Å². The van der Waals surface area contributed by atoms with Crippen LogP contribution in [0.15, 0.2) is 78.9 Å². The number of ether oxygens (including phenoxy) is 2. The van der Waals surface area contributed by atoms with Crippen LogP contribution in [0.3, 0.4) is 0 Å². The molecule has 0 radical (unpaired) electrons. The molecule has 0 aliphatic rings. The minimum atomic E-state index is -0.840. The monoisotopic (exact) mass is 508 g/mol. The Labute approximate surface area is 215 Å². The van der Waals surface area contributed by atoms with Crippen molar-refractivity contribution in [3.63, 3.8) is 0 Å². The zero-order valence-electron chi connectivity index (χ0n) is 20.0. The van der Waals surface area contributed by atoms with E-state index in [2.05, 4.69) is 10.6 Å². The number of rotatable bonds is 12. The van der Waals surface area contributed by atoms with E-state index < -0.39 is 23.8 Å². The minimum Gasteiger partial charge on any atom is -0.484 e. The van der Waals surface area contributed by atoms with Crippen molar-refractivity contribution in [3.8, 4) is 5.75 Å². The summed E-state index contributed by atoms with van der Waals surface area (Å²) in [7, 11) is 0. The summed E-state index contributed by atoms with van der Waals surface area (Å²) in [5.74, 6) is -0.744. The van der Waals surface area contributed by atoms with Crippen molar-refractivity contribution in [1.29, 1.82) is 0 Å². The molecule has 0 aromatic heterocycles. The SMILES string of the molecule is CCCCOC(=O)c1ccc(NC(=O)C(Cc2ccccc2)NC(=O)COc2ccc(Cl)cc2)cc1. The second-order valence-corrected chi connectivity index (χ2v) is 8.54. The Bertz CT molecular complexity index is 1130. The molecule has 3 rings (SSSR count). The van der Waals surface area contributed by atoms with Crippen LogP contribution in [0, 0.1) is 0 Å². The summed E-state index contributed by atoms with van der Waals surface area (Å²) in [6.07, 6.45) is 2.03. The normalized spacial score (nSPS) is 11.3. The highest BCUT2D eigenvalue weighted by atomic mass is 35.5. The van der Waals surface area contributed by atoms with Crippen molar-refractivity contribution in [1.82, 2.24) is 5.32 Å². The fourth-order valence-corrected chi connectivity index (χ4v) is 3.41. The van der Waals surface area contributed by atoms with Crippen LogP contribution in [-0.4, -0.2) is 37.0 Å². The van der Waals surface area contributed by atoms with E-state index in [1.54, 1.807) is 48.5 Å². The highest BCUT2D eigenvalue weighted by molar-refractivity contribution is 6.30. The zero-order valence-corrected chi connectivity index (χ0v) is 20.8. The van der Waals surface area contributed by atoms with Gasteiger partial charge in [-0.05, 0) is 60.5 Å². The van der Waals surface area contributed by atoms with Crippen LogP contribution in [0.2, 0.25) is 5.02 Å². The maximum atomic E-state index is 13.1. The van der Waals surface area contributed by atoms with Crippen molar-refractivity contribution in [2.45, 2.75) is 32.2 Å². The summed E-state index contributed by atoms with van der Waals surface area (Å²) in [5, 5.41) is 6.12. The number of unbranched alkanes of at least 4 members (excludes halogenated alkanes) is 1. The van der Waals surface area contributed by atoms with Crippen LogP contribution in [0.4, 0.5) is 5.69 Å². The number of carbonyl (C=O) groups excluding carboxylic acids is 3. The molecule has 2 N–H and O–H groups in total. The van der Waals surface area contributed by atoms with Crippen molar-refractivity contribution in [2.75, 3.05) is 18.5 Å². The van der Waals surface area contributed by atoms with Gasteiger partial charge in [0.25, 0.3) is 5.91 Å². The molecule has 0 saturated carbocycles.